The van der Waals surface area contributed by atoms with E-state index in [1.165, 1.54) is 0 Å². The van der Waals surface area contributed by atoms with Gasteiger partial charge in [0.2, 0.25) is 5.91 Å². The molecule has 2 aromatic carbocycles. The van der Waals surface area contributed by atoms with Gasteiger partial charge in [-0.1, -0.05) is 6.07 Å². The number of amides is 1. The first-order chi connectivity index (χ1) is 16.0. The number of benzene rings is 2. The lowest BCUT2D eigenvalue weighted by Gasteiger charge is -2.17. The van der Waals surface area contributed by atoms with Crippen molar-refractivity contribution in [1.82, 2.24) is 19.1 Å². The predicted octanol–water partition coefficient (Wildman–Crippen LogP) is 4.80. The number of carbonyl (C=O) groups excluding carboxylic acids is 1. The summed E-state index contributed by atoms with van der Waals surface area (Å²) in [6.45, 7) is 4.12. The Morgan fingerprint density at radius 2 is 1.94 bits per heavy atom. The monoisotopic (exact) mass is 436 g/mol. The molecule has 5 aromatic rings. The fourth-order valence-electron chi connectivity index (χ4n) is 4.03. The Kier molecular flexibility index (Phi) is 5.14. The van der Waals surface area contributed by atoms with E-state index in [9.17, 15) is 4.79 Å². The average molecular weight is 437 g/mol. The molecule has 3 N–H and O–H groups in total. The van der Waals surface area contributed by atoms with Crippen molar-refractivity contribution in [3.05, 3.63) is 91.3 Å². The lowest BCUT2D eigenvalue weighted by Crippen LogP contribution is -2.15. The van der Waals surface area contributed by atoms with Gasteiger partial charge >= 0.3 is 0 Å². The fourth-order valence-corrected chi connectivity index (χ4v) is 4.03. The number of hydrogen-bond donors (Lipinski definition) is 2. The number of nitrogens with zero attached hydrogens (tertiary/aromatic N) is 4. The number of carbonyl (C=O) groups is 1. The van der Waals surface area contributed by atoms with E-state index in [-0.39, 0.29) is 6.04 Å². The molecule has 0 aliphatic rings. The summed E-state index contributed by atoms with van der Waals surface area (Å²) in [4.78, 5) is 20.5. The largest absolute Gasteiger partial charge is 0.381 e. The molecule has 0 aliphatic carbocycles. The molecule has 1 amide bonds. The minimum absolute atomic E-state index is 0.195. The molecule has 0 aliphatic heterocycles. The lowest BCUT2D eigenvalue weighted by atomic mass is 10.1. The Hall–Kier alpha value is -4.39. The van der Waals surface area contributed by atoms with Gasteiger partial charge in [-0.25, -0.2) is 4.98 Å². The number of imidazole rings is 1. The van der Waals surface area contributed by atoms with Gasteiger partial charge in [0.05, 0.1) is 34.6 Å². The summed E-state index contributed by atoms with van der Waals surface area (Å²) in [5, 5.41) is 4.52. The maximum absolute atomic E-state index is 11.7. The SMILES string of the molecule is CC(C)Nc1cc(C(N)=O)ccc1-n1ccc2c(-n3cnc(-c4cccnc4)c3)cccc21. The number of rotatable bonds is 6. The summed E-state index contributed by atoms with van der Waals surface area (Å²) >= 11 is 0. The molecule has 33 heavy (non-hydrogen) atoms. The molecule has 5 rings (SSSR count). The van der Waals surface area contributed by atoms with Crippen LogP contribution in [0.5, 0.6) is 0 Å². The summed E-state index contributed by atoms with van der Waals surface area (Å²) in [6, 6.07) is 17.9. The van der Waals surface area contributed by atoms with Crippen molar-refractivity contribution in [1.29, 1.82) is 0 Å². The second-order valence-electron chi connectivity index (χ2n) is 8.20. The van der Waals surface area contributed by atoms with Crippen LogP contribution in [0.3, 0.4) is 0 Å². The highest BCUT2D eigenvalue weighted by Crippen LogP contribution is 2.31. The third kappa shape index (κ3) is 3.85. The number of nitrogens with two attached hydrogens (primary N) is 1. The second-order valence-corrected chi connectivity index (χ2v) is 8.20. The van der Waals surface area contributed by atoms with Crippen molar-refractivity contribution < 1.29 is 4.79 Å². The molecule has 0 radical (unpaired) electrons. The van der Waals surface area contributed by atoms with Crippen molar-refractivity contribution in [2.24, 2.45) is 5.73 Å². The summed E-state index contributed by atoms with van der Waals surface area (Å²) in [5.41, 5.74) is 11.7. The zero-order valence-corrected chi connectivity index (χ0v) is 18.4. The normalized spacial score (nSPS) is 11.2. The third-order valence-electron chi connectivity index (χ3n) is 5.51. The van der Waals surface area contributed by atoms with E-state index in [2.05, 4.69) is 51.9 Å². The van der Waals surface area contributed by atoms with Gasteiger partial charge in [-0.15, -0.1) is 0 Å². The minimum atomic E-state index is -0.447. The predicted molar refractivity (Wildman–Crippen MR) is 131 cm³/mol. The molecule has 0 saturated heterocycles. The average Bonchev–Trinajstić information content (AvgIpc) is 3.47. The van der Waals surface area contributed by atoms with E-state index in [0.29, 0.717) is 5.56 Å². The van der Waals surface area contributed by atoms with Crippen molar-refractivity contribution in [3.63, 3.8) is 0 Å². The molecule has 0 saturated carbocycles. The highest BCUT2D eigenvalue weighted by molar-refractivity contribution is 5.95. The first-order valence-corrected chi connectivity index (χ1v) is 10.8. The van der Waals surface area contributed by atoms with Gasteiger partial charge in [0.1, 0.15) is 0 Å². The van der Waals surface area contributed by atoms with Crippen LogP contribution in [-0.2, 0) is 0 Å². The summed E-state index contributed by atoms with van der Waals surface area (Å²) in [5.74, 6) is -0.447. The molecule has 3 heterocycles. The lowest BCUT2D eigenvalue weighted by molar-refractivity contribution is 0.100. The standard InChI is InChI=1S/C26H24N6O/c1-17(2)30-21-13-18(26(27)33)8-9-25(21)32-12-10-20-23(6-3-7-24(20)32)31-15-22(29-16-31)19-5-4-11-28-14-19/h3-17,30H,1-2H3,(H2,27,33). The van der Waals surface area contributed by atoms with Crippen LogP contribution in [-0.4, -0.2) is 31.1 Å². The Morgan fingerprint density at radius 1 is 1.06 bits per heavy atom. The van der Waals surface area contributed by atoms with Crippen LogP contribution in [0.25, 0.3) is 33.5 Å². The maximum Gasteiger partial charge on any atom is 0.248 e. The van der Waals surface area contributed by atoms with Gasteiger partial charge < -0.3 is 20.2 Å². The third-order valence-corrected chi connectivity index (χ3v) is 5.51. The van der Waals surface area contributed by atoms with Crippen LogP contribution in [0.4, 0.5) is 5.69 Å². The molecule has 0 bridgehead atoms. The highest BCUT2D eigenvalue weighted by Gasteiger charge is 2.14. The molecule has 0 fully saturated rings. The van der Waals surface area contributed by atoms with Crippen molar-refractivity contribution in [2.75, 3.05) is 5.32 Å². The van der Waals surface area contributed by atoms with E-state index in [4.69, 9.17) is 5.73 Å². The first kappa shape index (κ1) is 20.5. The molecular formula is C26H24N6O. The van der Waals surface area contributed by atoms with Gasteiger partial charge in [0.15, 0.2) is 0 Å². The molecule has 0 atom stereocenters. The number of aromatic nitrogens is 4. The van der Waals surface area contributed by atoms with Crippen molar-refractivity contribution in [3.8, 4) is 22.6 Å². The molecule has 0 spiro atoms. The number of fused-ring (bicyclic) bond motifs is 1. The zero-order valence-electron chi connectivity index (χ0n) is 18.4. The van der Waals surface area contributed by atoms with E-state index in [0.717, 1.165) is 39.2 Å². The molecule has 3 aromatic heterocycles. The van der Waals surface area contributed by atoms with Crippen LogP contribution >= 0.6 is 0 Å². The number of pyridine rings is 1. The van der Waals surface area contributed by atoms with Crippen molar-refractivity contribution >= 4 is 22.5 Å². The van der Waals surface area contributed by atoms with E-state index < -0.39 is 5.91 Å². The molecule has 0 unspecified atom stereocenters. The molecular weight excluding hydrogens is 412 g/mol. The van der Waals surface area contributed by atoms with Crippen molar-refractivity contribution in [2.45, 2.75) is 19.9 Å². The summed E-state index contributed by atoms with van der Waals surface area (Å²) in [6.07, 6.45) is 9.43. The van der Waals surface area contributed by atoms with Gasteiger partial charge in [0, 0.05) is 47.3 Å². The minimum Gasteiger partial charge on any atom is -0.381 e. The Balaban J connectivity index is 1.61. The van der Waals surface area contributed by atoms with Crippen LogP contribution in [0, 0.1) is 0 Å². The maximum atomic E-state index is 11.7. The number of hydrogen-bond acceptors (Lipinski definition) is 4. The van der Waals surface area contributed by atoms with Gasteiger partial charge in [0.25, 0.3) is 0 Å². The Morgan fingerprint density at radius 3 is 2.70 bits per heavy atom. The summed E-state index contributed by atoms with van der Waals surface area (Å²) < 4.78 is 4.14. The molecule has 7 heteroatoms. The number of primary amides is 1. The second kappa shape index (κ2) is 8.27. The fraction of sp³-hybridized carbons (Fsp3) is 0.115. The van der Waals surface area contributed by atoms with Gasteiger partial charge in [-0.3, -0.25) is 9.78 Å². The topological polar surface area (TPSA) is 90.8 Å². The van der Waals surface area contributed by atoms with E-state index in [1.807, 2.05) is 59.8 Å². The Bertz CT molecular complexity index is 1450. The van der Waals surface area contributed by atoms with Crippen LogP contribution < -0.4 is 11.1 Å². The zero-order chi connectivity index (χ0) is 22.9. The molecule has 7 nitrogen and oxygen atoms in total. The number of anilines is 1. The van der Waals surface area contributed by atoms with Crippen LogP contribution in [0.2, 0.25) is 0 Å². The van der Waals surface area contributed by atoms with Crippen LogP contribution in [0.15, 0.2) is 85.7 Å². The Labute approximate surface area is 191 Å². The molecule has 164 valence electrons. The first-order valence-electron chi connectivity index (χ1n) is 10.8. The van der Waals surface area contributed by atoms with E-state index in [1.54, 1.807) is 12.3 Å². The van der Waals surface area contributed by atoms with E-state index >= 15 is 0 Å². The summed E-state index contributed by atoms with van der Waals surface area (Å²) in [7, 11) is 0. The smallest absolute Gasteiger partial charge is 0.248 e. The quantitative estimate of drug-likeness (QED) is 0.400. The highest BCUT2D eigenvalue weighted by atomic mass is 16.1. The van der Waals surface area contributed by atoms with Crippen LogP contribution in [0.1, 0.15) is 24.2 Å². The van der Waals surface area contributed by atoms with Gasteiger partial charge in [-0.05, 0) is 62.4 Å². The van der Waals surface area contributed by atoms with Gasteiger partial charge in [-0.2, -0.15) is 0 Å². The number of nitrogens with one attached hydrogen (secondary N) is 1.